The standard InChI is InChI=1S/C45H25N/c46-26-27-20-21-31-35-23-22-32(33-16-9-17-34(43(33)35)39(31)24-27)40-25-38(28-10-3-1-4-11-28)44-36-18-7-14-29-15-8-19-37(41(29)36)45(44)42(40)30-12-5-2-6-13-30/h1-25H. The Kier molecular flexibility index (Phi) is 5.13. The molecule has 2 aliphatic carbocycles. The van der Waals surface area contributed by atoms with Crippen LogP contribution in [0.1, 0.15) is 5.56 Å². The van der Waals surface area contributed by atoms with Crippen LogP contribution in [-0.4, -0.2) is 0 Å². The number of rotatable bonds is 3. The highest BCUT2D eigenvalue weighted by Gasteiger charge is 2.31. The fourth-order valence-electron chi connectivity index (χ4n) is 8.11. The van der Waals surface area contributed by atoms with E-state index in [2.05, 4.69) is 146 Å². The quantitative estimate of drug-likeness (QED) is 0.204. The van der Waals surface area contributed by atoms with E-state index in [0.717, 1.165) is 5.56 Å². The van der Waals surface area contributed by atoms with Crippen LogP contribution in [0.2, 0.25) is 0 Å². The minimum Gasteiger partial charge on any atom is -0.192 e. The minimum absolute atomic E-state index is 0.690. The summed E-state index contributed by atoms with van der Waals surface area (Å²) in [6, 6.07) is 57.3. The highest BCUT2D eigenvalue weighted by Crippen LogP contribution is 2.58. The number of nitriles is 1. The van der Waals surface area contributed by atoms with Gasteiger partial charge in [-0.3, -0.25) is 0 Å². The van der Waals surface area contributed by atoms with Crippen molar-refractivity contribution in [3.8, 4) is 84.0 Å². The van der Waals surface area contributed by atoms with Gasteiger partial charge in [0.2, 0.25) is 0 Å². The van der Waals surface area contributed by atoms with E-state index in [4.69, 9.17) is 0 Å². The van der Waals surface area contributed by atoms with E-state index in [0.29, 0.717) is 5.56 Å². The third-order valence-electron chi connectivity index (χ3n) is 9.98. The number of benzene rings is 8. The van der Waals surface area contributed by atoms with E-state index < -0.39 is 0 Å². The lowest BCUT2D eigenvalue weighted by molar-refractivity contribution is 1.49. The van der Waals surface area contributed by atoms with Crippen molar-refractivity contribution in [3.05, 3.63) is 157 Å². The number of fused-ring (bicyclic) bond motifs is 6. The summed E-state index contributed by atoms with van der Waals surface area (Å²) in [5.74, 6) is 0. The zero-order valence-electron chi connectivity index (χ0n) is 24.9. The number of nitrogens with zero attached hydrogens (tertiary/aromatic N) is 1. The van der Waals surface area contributed by atoms with Crippen molar-refractivity contribution < 1.29 is 0 Å². The van der Waals surface area contributed by atoms with E-state index in [1.807, 2.05) is 12.1 Å². The first-order valence-electron chi connectivity index (χ1n) is 15.8. The second kappa shape index (κ2) is 9.38. The molecule has 8 aromatic carbocycles. The van der Waals surface area contributed by atoms with Gasteiger partial charge < -0.3 is 0 Å². The SMILES string of the molecule is N#Cc1ccc2c(c1)-c1cccc3c(-c4cc(-c5ccccc5)c5c(c4-c4ccccc4)-c4cccc6cccc-5c46)ccc-2c13. The van der Waals surface area contributed by atoms with Crippen molar-refractivity contribution in [3.63, 3.8) is 0 Å². The maximum atomic E-state index is 9.68. The van der Waals surface area contributed by atoms with Gasteiger partial charge in [0.05, 0.1) is 11.6 Å². The normalized spacial score (nSPS) is 11.9. The molecule has 10 rings (SSSR count). The van der Waals surface area contributed by atoms with Crippen LogP contribution >= 0.6 is 0 Å². The third kappa shape index (κ3) is 3.33. The Morgan fingerprint density at radius 2 is 0.978 bits per heavy atom. The van der Waals surface area contributed by atoms with Crippen molar-refractivity contribution in [1.29, 1.82) is 5.26 Å². The maximum Gasteiger partial charge on any atom is 0.0991 e. The van der Waals surface area contributed by atoms with Crippen molar-refractivity contribution in [2.24, 2.45) is 0 Å². The first-order chi connectivity index (χ1) is 22.8. The minimum atomic E-state index is 0.690. The van der Waals surface area contributed by atoms with E-state index in [1.54, 1.807) is 0 Å². The Morgan fingerprint density at radius 1 is 0.348 bits per heavy atom. The zero-order valence-corrected chi connectivity index (χ0v) is 24.9. The lowest BCUT2D eigenvalue weighted by atomic mass is 9.81. The van der Waals surface area contributed by atoms with Crippen molar-refractivity contribution in [2.75, 3.05) is 0 Å². The van der Waals surface area contributed by atoms with Gasteiger partial charge in [0.1, 0.15) is 0 Å². The maximum absolute atomic E-state index is 9.68. The molecular formula is C45H25N. The van der Waals surface area contributed by atoms with Gasteiger partial charge in [-0.2, -0.15) is 5.26 Å². The molecule has 0 spiro atoms. The molecule has 0 fully saturated rings. The first kappa shape index (κ1) is 25.1. The summed E-state index contributed by atoms with van der Waals surface area (Å²) in [5, 5.41) is 14.8. The lowest BCUT2D eigenvalue weighted by Crippen LogP contribution is -1.95. The van der Waals surface area contributed by atoms with Crippen LogP contribution in [0.3, 0.4) is 0 Å². The summed E-state index contributed by atoms with van der Waals surface area (Å²) < 4.78 is 0. The van der Waals surface area contributed by atoms with Gasteiger partial charge in [-0.15, -0.1) is 0 Å². The molecule has 46 heavy (non-hydrogen) atoms. The Balaban J connectivity index is 1.37. The van der Waals surface area contributed by atoms with Gasteiger partial charge >= 0.3 is 0 Å². The number of hydrogen-bond acceptors (Lipinski definition) is 1. The highest BCUT2D eigenvalue weighted by atomic mass is 14.3. The van der Waals surface area contributed by atoms with Gasteiger partial charge in [-0.05, 0) is 118 Å². The molecule has 0 radical (unpaired) electrons. The number of hydrogen-bond donors (Lipinski definition) is 0. The van der Waals surface area contributed by atoms with Crippen LogP contribution in [-0.2, 0) is 0 Å². The Bertz CT molecular complexity index is 2620. The van der Waals surface area contributed by atoms with Crippen LogP contribution < -0.4 is 0 Å². The summed E-state index contributed by atoms with van der Waals surface area (Å²) in [6.07, 6.45) is 0. The molecule has 0 aliphatic heterocycles. The van der Waals surface area contributed by atoms with Gasteiger partial charge in [-0.1, -0.05) is 133 Å². The molecule has 0 saturated carbocycles. The Labute approximate surface area is 267 Å². The molecule has 0 atom stereocenters. The molecule has 0 aromatic heterocycles. The van der Waals surface area contributed by atoms with E-state index in [-0.39, 0.29) is 0 Å². The van der Waals surface area contributed by atoms with Gasteiger partial charge in [-0.25, -0.2) is 0 Å². The summed E-state index contributed by atoms with van der Waals surface area (Å²) in [6.45, 7) is 0. The van der Waals surface area contributed by atoms with Crippen LogP contribution in [0.25, 0.3) is 99.4 Å². The topological polar surface area (TPSA) is 23.8 Å². The fraction of sp³-hybridized carbons (Fsp3) is 0. The van der Waals surface area contributed by atoms with Gasteiger partial charge in [0, 0.05) is 0 Å². The average molecular weight is 580 g/mol. The van der Waals surface area contributed by atoms with Crippen molar-refractivity contribution in [1.82, 2.24) is 0 Å². The van der Waals surface area contributed by atoms with Crippen molar-refractivity contribution in [2.45, 2.75) is 0 Å². The average Bonchev–Trinajstić information content (AvgIpc) is 3.63. The summed E-state index contributed by atoms with van der Waals surface area (Å²) in [5.41, 5.74) is 18.1. The zero-order chi connectivity index (χ0) is 30.4. The van der Waals surface area contributed by atoms with E-state index >= 15 is 0 Å². The molecule has 0 saturated heterocycles. The van der Waals surface area contributed by atoms with Gasteiger partial charge in [0.25, 0.3) is 0 Å². The van der Waals surface area contributed by atoms with E-state index in [1.165, 1.54) is 93.9 Å². The molecule has 2 aliphatic rings. The second-order valence-electron chi connectivity index (χ2n) is 12.3. The Hall–Kier alpha value is -6.23. The third-order valence-corrected chi connectivity index (χ3v) is 9.98. The molecule has 0 unspecified atom stereocenters. The monoisotopic (exact) mass is 579 g/mol. The second-order valence-corrected chi connectivity index (χ2v) is 12.3. The molecule has 1 heteroatoms. The highest BCUT2D eigenvalue weighted by molar-refractivity contribution is 6.25. The largest absolute Gasteiger partial charge is 0.192 e. The van der Waals surface area contributed by atoms with Crippen LogP contribution in [0.4, 0.5) is 0 Å². The molecule has 1 nitrogen and oxygen atoms in total. The van der Waals surface area contributed by atoms with Gasteiger partial charge in [0.15, 0.2) is 0 Å². The van der Waals surface area contributed by atoms with Crippen LogP contribution in [0.15, 0.2) is 152 Å². The molecule has 0 amide bonds. The molecule has 0 N–H and O–H groups in total. The lowest BCUT2D eigenvalue weighted by Gasteiger charge is -2.22. The summed E-state index contributed by atoms with van der Waals surface area (Å²) in [7, 11) is 0. The van der Waals surface area contributed by atoms with Crippen LogP contribution in [0.5, 0.6) is 0 Å². The summed E-state index contributed by atoms with van der Waals surface area (Å²) >= 11 is 0. The molecule has 8 aromatic rings. The molecule has 0 bridgehead atoms. The molecular weight excluding hydrogens is 555 g/mol. The predicted molar refractivity (Wildman–Crippen MR) is 191 cm³/mol. The van der Waals surface area contributed by atoms with Crippen molar-refractivity contribution >= 4 is 21.5 Å². The molecule has 0 heterocycles. The van der Waals surface area contributed by atoms with E-state index in [9.17, 15) is 5.26 Å². The smallest absolute Gasteiger partial charge is 0.0991 e. The van der Waals surface area contributed by atoms with Crippen LogP contribution in [0, 0.1) is 11.3 Å². The predicted octanol–water partition coefficient (Wildman–Crippen LogP) is 12.2. The fourth-order valence-corrected chi connectivity index (χ4v) is 8.11. The molecule has 210 valence electrons. The first-order valence-corrected chi connectivity index (χ1v) is 15.8. The summed E-state index contributed by atoms with van der Waals surface area (Å²) in [4.78, 5) is 0. The Morgan fingerprint density at radius 3 is 1.74 bits per heavy atom.